The molecule has 1 aromatic carbocycles. The van der Waals surface area contributed by atoms with Crippen LogP contribution in [0.5, 0.6) is 0 Å². The first kappa shape index (κ1) is 18.3. The van der Waals surface area contributed by atoms with Crippen molar-refractivity contribution in [3.8, 4) is 0 Å². The average Bonchev–Trinajstić information content (AvgIpc) is 3.07. The number of halogens is 1. The summed E-state index contributed by atoms with van der Waals surface area (Å²) in [6, 6.07) is 7.60. The zero-order valence-electron chi connectivity index (χ0n) is 14.3. The van der Waals surface area contributed by atoms with Crippen molar-refractivity contribution >= 4 is 40.9 Å². The number of benzene rings is 1. The van der Waals surface area contributed by atoms with E-state index in [-0.39, 0.29) is 17.5 Å². The van der Waals surface area contributed by atoms with Crippen LogP contribution in [-0.2, 0) is 4.74 Å². The number of carbonyl (C=O) groups is 2. The number of esters is 1. The second-order valence-corrected chi connectivity index (χ2v) is 5.76. The van der Waals surface area contributed by atoms with Crippen LogP contribution in [0.3, 0.4) is 0 Å². The fraction of sp³-hybridized carbons (Fsp3) is 0.118. The van der Waals surface area contributed by atoms with Gasteiger partial charge in [-0.3, -0.25) is 4.79 Å². The molecule has 2 heterocycles. The molecule has 0 atom stereocenters. The Morgan fingerprint density at radius 3 is 2.74 bits per heavy atom. The molecule has 0 spiro atoms. The Morgan fingerprint density at radius 2 is 2.04 bits per heavy atom. The van der Waals surface area contributed by atoms with Crippen LogP contribution in [0.2, 0.25) is 5.02 Å². The summed E-state index contributed by atoms with van der Waals surface area (Å²) in [5.41, 5.74) is 0.803. The Balaban J connectivity index is 1.80. The van der Waals surface area contributed by atoms with E-state index >= 15 is 0 Å². The van der Waals surface area contributed by atoms with E-state index < -0.39 is 11.9 Å². The monoisotopic (exact) mass is 387 g/mol. The molecule has 0 fully saturated rings. The number of amides is 1. The Hall–Kier alpha value is -3.46. The quantitative estimate of drug-likeness (QED) is 0.640. The van der Waals surface area contributed by atoms with Crippen molar-refractivity contribution in [3.05, 3.63) is 58.6 Å². The van der Waals surface area contributed by atoms with Gasteiger partial charge in [0.05, 0.1) is 23.4 Å². The number of methoxy groups -OCH3 is 1. The summed E-state index contributed by atoms with van der Waals surface area (Å²) in [5.74, 6) is -0.0207. The summed E-state index contributed by atoms with van der Waals surface area (Å²) in [6.07, 6.45) is 1.41. The van der Waals surface area contributed by atoms with Crippen LogP contribution < -0.4 is 10.6 Å². The maximum Gasteiger partial charge on any atom is 0.337 e. The number of nitrogens with zero attached hydrogens (tertiary/aromatic N) is 3. The molecule has 0 radical (unpaired) electrons. The molecule has 0 saturated heterocycles. The Kier molecular flexibility index (Phi) is 5.32. The normalized spacial score (nSPS) is 10.3. The van der Waals surface area contributed by atoms with Gasteiger partial charge in [0.25, 0.3) is 5.91 Å². The van der Waals surface area contributed by atoms with Gasteiger partial charge in [0, 0.05) is 12.3 Å². The maximum absolute atomic E-state index is 12.3. The van der Waals surface area contributed by atoms with Crippen LogP contribution in [0.25, 0.3) is 0 Å². The maximum atomic E-state index is 12.3. The second kappa shape index (κ2) is 7.83. The van der Waals surface area contributed by atoms with E-state index in [0.29, 0.717) is 22.0 Å². The molecule has 0 aliphatic carbocycles. The molecule has 0 bridgehead atoms. The molecule has 2 N–H and O–H groups in total. The molecule has 3 aromatic rings. The smallest absolute Gasteiger partial charge is 0.337 e. The van der Waals surface area contributed by atoms with E-state index in [0.717, 1.165) is 0 Å². The molecular formula is C17H14ClN5O4. The lowest BCUT2D eigenvalue weighted by atomic mass is 10.2. The lowest BCUT2D eigenvalue weighted by molar-refractivity contribution is 0.0600. The number of hydrogen-bond acceptors (Lipinski definition) is 8. The summed E-state index contributed by atoms with van der Waals surface area (Å²) in [4.78, 5) is 32.1. The highest BCUT2D eigenvalue weighted by atomic mass is 35.5. The SMILES string of the molecule is COC(=O)c1ccc(Cl)c(Nc2nccc(C(=O)Nc3cc(C)on3)n2)c1. The number of rotatable bonds is 5. The van der Waals surface area contributed by atoms with Crippen LogP contribution in [0, 0.1) is 6.92 Å². The van der Waals surface area contributed by atoms with Crippen molar-refractivity contribution in [2.24, 2.45) is 0 Å². The van der Waals surface area contributed by atoms with E-state index in [1.807, 2.05) is 0 Å². The second-order valence-electron chi connectivity index (χ2n) is 5.35. The average molecular weight is 388 g/mol. The Labute approximate surface area is 158 Å². The molecule has 0 aliphatic rings. The molecule has 2 aromatic heterocycles. The van der Waals surface area contributed by atoms with Gasteiger partial charge in [-0.1, -0.05) is 16.8 Å². The first-order valence-electron chi connectivity index (χ1n) is 7.69. The van der Waals surface area contributed by atoms with Crippen LogP contribution >= 0.6 is 11.6 Å². The van der Waals surface area contributed by atoms with Crippen molar-refractivity contribution in [2.45, 2.75) is 6.92 Å². The standard InChI is InChI=1S/C17H14ClN5O4/c1-9-7-14(23-27-9)22-15(24)12-5-6-19-17(20-12)21-13-8-10(16(25)26-2)3-4-11(13)18/h3-8H,1-2H3,(H,19,20,21)(H,22,23,24). The van der Waals surface area contributed by atoms with Gasteiger partial charge in [-0.2, -0.15) is 0 Å². The van der Waals surface area contributed by atoms with Crippen molar-refractivity contribution in [1.29, 1.82) is 0 Å². The van der Waals surface area contributed by atoms with Crippen LogP contribution in [0.4, 0.5) is 17.5 Å². The largest absolute Gasteiger partial charge is 0.465 e. The van der Waals surface area contributed by atoms with E-state index in [9.17, 15) is 9.59 Å². The number of aryl methyl sites for hydroxylation is 1. The van der Waals surface area contributed by atoms with E-state index in [4.69, 9.17) is 16.1 Å². The summed E-state index contributed by atoms with van der Waals surface area (Å²) in [6.45, 7) is 1.71. The van der Waals surface area contributed by atoms with Gasteiger partial charge in [-0.25, -0.2) is 14.8 Å². The van der Waals surface area contributed by atoms with Crippen LogP contribution in [0.15, 0.2) is 41.1 Å². The van der Waals surface area contributed by atoms with Gasteiger partial charge in [0.15, 0.2) is 5.82 Å². The molecule has 27 heavy (non-hydrogen) atoms. The first-order chi connectivity index (χ1) is 13.0. The molecule has 9 nitrogen and oxygen atoms in total. The van der Waals surface area contributed by atoms with Gasteiger partial charge in [0.2, 0.25) is 5.95 Å². The van der Waals surface area contributed by atoms with Crippen molar-refractivity contribution < 1.29 is 18.8 Å². The lowest BCUT2D eigenvalue weighted by Crippen LogP contribution is -2.15. The number of aromatic nitrogens is 3. The minimum absolute atomic E-state index is 0.105. The van der Waals surface area contributed by atoms with Crippen molar-refractivity contribution in [3.63, 3.8) is 0 Å². The predicted molar refractivity (Wildman–Crippen MR) is 97.3 cm³/mol. The number of hydrogen-bond donors (Lipinski definition) is 2. The summed E-state index contributed by atoms with van der Waals surface area (Å²) in [5, 5.41) is 9.48. The van der Waals surface area contributed by atoms with Gasteiger partial charge < -0.3 is 19.9 Å². The van der Waals surface area contributed by atoms with Gasteiger partial charge >= 0.3 is 5.97 Å². The van der Waals surface area contributed by atoms with Crippen molar-refractivity contribution in [1.82, 2.24) is 15.1 Å². The third-order valence-corrected chi connectivity index (χ3v) is 3.72. The van der Waals surface area contributed by atoms with Gasteiger partial charge in [-0.05, 0) is 31.2 Å². The van der Waals surface area contributed by atoms with Crippen LogP contribution in [-0.4, -0.2) is 34.1 Å². The molecular weight excluding hydrogens is 374 g/mol. The number of anilines is 3. The van der Waals surface area contributed by atoms with Gasteiger partial charge in [0.1, 0.15) is 11.5 Å². The third kappa shape index (κ3) is 4.39. The Bertz CT molecular complexity index is 1000. The number of ether oxygens (including phenoxy) is 1. The minimum atomic E-state index is -0.508. The molecule has 3 rings (SSSR count). The van der Waals surface area contributed by atoms with Crippen LogP contribution in [0.1, 0.15) is 26.6 Å². The summed E-state index contributed by atoms with van der Waals surface area (Å²) in [7, 11) is 1.28. The highest BCUT2D eigenvalue weighted by molar-refractivity contribution is 6.33. The molecule has 10 heteroatoms. The highest BCUT2D eigenvalue weighted by Crippen LogP contribution is 2.25. The summed E-state index contributed by atoms with van der Waals surface area (Å²) < 4.78 is 9.58. The fourth-order valence-electron chi connectivity index (χ4n) is 2.14. The van der Waals surface area contributed by atoms with E-state index in [1.54, 1.807) is 19.1 Å². The van der Waals surface area contributed by atoms with E-state index in [2.05, 4.69) is 30.5 Å². The van der Waals surface area contributed by atoms with Crippen molar-refractivity contribution in [2.75, 3.05) is 17.7 Å². The summed E-state index contributed by atoms with van der Waals surface area (Å²) >= 11 is 6.14. The highest BCUT2D eigenvalue weighted by Gasteiger charge is 2.13. The fourth-order valence-corrected chi connectivity index (χ4v) is 2.30. The topological polar surface area (TPSA) is 119 Å². The lowest BCUT2D eigenvalue weighted by Gasteiger charge is -2.09. The number of carbonyl (C=O) groups excluding carboxylic acids is 2. The molecule has 138 valence electrons. The zero-order chi connectivity index (χ0) is 19.4. The predicted octanol–water partition coefficient (Wildman–Crippen LogP) is 3.21. The minimum Gasteiger partial charge on any atom is -0.465 e. The molecule has 0 unspecified atom stereocenters. The Morgan fingerprint density at radius 1 is 1.22 bits per heavy atom. The first-order valence-corrected chi connectivity index (χ1v) is 8.06. The third-order valence-electron chi connectivity index (χ3n) is 3.39. The molecule has 1 amide bonds. The van der Waals surface area contributed by atoms with E-state index in [1.165, 1.54) is 31.5 Å². The zero-order valence-corrected chi connectivity index (χ0v) is 15.1. The van der Waals surface area contributed by atoms with Gasteiger partial charge in [-0.15, -0.1) is 0 Å². The molecule has 0 aliphatic heterocycles. The number of nitrogens with one attached hydrogen (secondary N) is 2. The molecule has 0 saturated carbocycles.